The van der Waals surface area contributed by atoms with Crippen LogP contribution in [0.4, 0.5) is 11.8 Å². The van der Waals surface area contributed by atoms with E-state index in [1.54, 1.807) is 36.8 Å². The van der Waals surface area contributed by atoms with E-state index in [4.69, 9.17) is 15.5 Å². The number of ether oxygens (including phenoxy) is 1. The molecule has 1 fully saturated rings. The number of anilines is 2. The number of piperazine rings is 1. The van der Waals surface area contributed by atoms with Crippen molar-refractivity contribution in [3.63, 3.8) is 0 Å². The fourth-order valence-electron chi connectivity index (χ4n) is 5.27. The van der Waals surface area contributed by atoms with E-state index in [2.05, 4.69) is 25.9 Å². The van der Waals surface area contributed by atoms with Crippen LogP contribution < -0.4 is 15.5 Å². The van der Waals surface area contributed by atoms with Crippen molar-refractivity contribution in [2.24, 2.45) is 5.73 Å². The van der Waals surface area contributed by atoms with E-state index >= 15 is 0 Å². The Morgan fingerprint density at radius 3 is 2.68 bits per heavy atom. The number of carbonyl (C=O) groups excluding carboxylic acids is 2. The molecule has 1 amide bonds. The zero-order valence-electron chi connectivity index (χ0n) is 23.4. The first-order valence-corrected chi connectivity index (χ1v) is 13.6. The highest BCUT2D eigenvalue weighted by Crippen LogP contribution is 2.39. The molecule has 0 aliphatic carbocycles. The van der Waals surface area contributed by atoms with Gasteiger partial charge in [-0.15, -0.1) is 0 Å². The Morgan fingerprint density at radius 1 is 1.20 bits per heavy atom. The predicted molar refractivity (Wildman–Crippen MR) is 152 cm³/mol. The minimum Gasteiger partial charge on any atom is -0.370 e. The van der Waals surface area contributed by atoms with Crippen LogP contribution in [0.15, 0.2) is 42.9 Å². The van der Waals surface area contributed by atoms with Gasteiger partial charge in [-0.1, -0.05) is 6.07 Å². The maximum atomic E-state index is 13.3. The summed E-state index contributed by atoms with van der Waals surface area (Å²) < 4.78 is 5.31. The van der Waals surface area contributed by atoms with E-state index in [1.807, 2.05) is 36.6 Å². The number of ketones is 1. The molecule has 0 spiro atoms. The van der Waals surface area contributed by atoms with Crippen molar-refractivity contribution in [2.75, 3.05) is 49.2 Å². The van der Waals surface area contributed by atoms with Crippen LogP contribution >= 0.6 is 0 Å². The van der Waals surface area contributed by atoms with Crippen LogP contribution in [0.25, 0.3) is 11.3 Å². The van der Waals surface area contributed by atoms with E-state index in [9.17, 15) is 14.9 Å². The van der Waals surface area contributed by atoms with Crippen molar-refractivity contribution in [3.8, 4) is 17.3 Å². The van der Waals surface area contributed by atoms with Gasteiger partial charge in [-0.2, -0.15) is 5.26 Å². The highest BCUT2D eigenvalue weighted by molar-refractivity contribution is 6.12. The van der Waals surface area contributed by atoms with Gasteiger partial charge in [0.2, 0.25) is 11.9 Å². The van der Waals surface area contributed by atoms with Gasteiger partial charge < -0.3 is 25.2 Å². The number of Topliss-reactive ketones (excluding diaryl/α,β-unsaturated/α-hetero) is 1. The average Bonchev–Trinajstić information content (AvgIpc) is 3.17. The van der Waals surface area contributed by atoms with Gasteiger partial charge in [0, 0.05) is 68.5 Å². The number of nitriles is 1. The summed E-state index contributed by atoms with van der Waals surface area (Å²) in [6, 6.07) is 9.32. The Kier molecular flexibility index (Phi) is 7.92. The Hall–Kier alpha value is -4.47. The van der Waals surface area contributed by atoms with Crippen molar-refractivity contribution in [1.82, 2.24) is 24.8 Å². The normalized spacial score (nSPS) is 17.9. The fraction of sp³-hybridized carbons (Fsp3) is 0.414. The second kappa shape index (κ2) is 11.6. The Bertz CT molecular complexity index is 1490. The van der Waals surface area contributed by atoms with Crippen LogP contribution in [-0.2, 0) is 16.1 Å². The molecule has 5 heterocycles. The van der Waals surface area contributed by atoms with E-state index in [0.717, 1.165) is 5.56 Å². The monoisotopic (exact) mass is 555 g/mol. The Morgan fingerprint density at radius 2 is 1.98 bits per heavy atom. The molecule has 5 rings (SSSR count). The highest BCUT2D eigenvalue weighted by atomic mass is 16.5. The Balaban J connectivity index is 1.33. The van der Waals surface area contributed by atoms with Crippen molar-refractivity contribution >= 4 is 23.5 Å². The number of aromatic nitrogens is 4. The number of fused-ring (bicyclic) bond motifs is 1. The third-order valence-electron chi connectivity index (χ3n) is 7.58. The topological polar surface area (TPSA) is 154 Å². The highest BCUT2D eigenvalue weighted by Gasteiger charge is 2.45. The molecule has 212 valence electrons. The molecule has 3 aromatic heterocycles. The second-order valence-electron chi connectivity index (χ2n) is 10.7. The van der Waals surface area contributed by atoms with Crippen LogP contribution in [0.3, 0.4) is 0 Å². The summed E-state index contributed by atoms with van der Waals surface area (Å²) >= 11 is 0. The third kappa shape index (κ3) is 5.46. The van der Waals surface area contributed by atoms with Gasteiger partial charge >= 0.3 is 0 Å². The molecule has 0 bridgehead atoms. The van der Waals surface area contributed by atoms with Crippen LogP contribution in [0, 0.1) is 11.3 Å². The first-order valence-electron chi connectivity index (χ1n) is 13.6. The minimum atomic E-state index is -0.840. The van der Waals surface area contributed by atoms with Crippen LogP contribution in [0.2, 0.25) is 0 Å². The van der Waals surface area contributed by atoms with Gasteiger partial charge in [0.1, 0.15) is 24.2 Å². The molecular weight excluding hydrogens is 522 g/mol. The molecule has 41 heavy (non-hydrogen) atoms. The summed E-state index contributed by atoms with van der Waals surface area (Å²) in [5.74, 6) is 1.05. The lowest BCUT2D eigenvalue weighted by Gasteiger charge is -2.39. The van der Waals surface area contributed by atoms with Gasteiger partial charge in [0.25, 0.3) is 0 Å². The molecule has 2 aliphatic heterocycles. The van der Waals surface area contributed by atoms with E-state index in [1.165, 1.54) is 0 Å². The zero-order valence-corrected chi connectivity index (χ0v) is 23.4. The number of nitrogens with zero attached hydrogens (tertiary/aromatic N) is 8. The summed E-state index contributed by atoms with van der Waals surface area (Å²) in [7, 11) is 0. The SMILES string of the molecule is C[C@@H]1CN(c2ncc(-c3ccc4c(n3)N(Cc3cccnc3C#N)C(C)(C)C4=O)cn2)CCN1C(=O)COCCN. The first kappa shape index (κ1) is 28.1. The van der Waals surface area contributed by atoms with Crippen molar-refractivity contribution < 1.29 is 14.3 Å². The number of hydrogen-bond donors (Lipinski definition) is 1. The molecule has 3 aromatic rings. The summed E-state index contributed by atoms with van der Waals surface area (Å²) in [6.07, 6.45) is 5.03. The predicted octanol–water partition coefficient (Wildman–Crippen LogP) is 1.80. The maximum Gasteiger partial charge on any atom is 0.248 e. The number of pyridine rings is 2. The smallest absolute Gasteiger partial charge is 0.248 e. The minimum absolute atomic E-state index is 0.0207. The van der Waals surface area contributed by atoms with Crippen LogP contribution in [-0.4, -0.2) is 87.5 Å². The first-order chi connectivity index (χ1) is 19.7. The number of nitrogens with two attached hydrogens (primary N) is 1. The molecule has 12 nitrogen and oxygen atoms in total. The number of hydrogen-bond acceptors (Lipinski definition) is 11. The molecule has 0 radical (unpaired) electrons. The molecule has 2 aliphatic rings. The number of rotatable bonds is 8. The van der Waals surface area contributed by atoms with Gasteiger partial charge in [-0.05, 0) is 39.0 Å². The summed E-state index contributed by atoms with van der Waals surface area (Å²) in [6.45, 7) is 8.56. The van der Waals surface area contributed by atoms with Gasteiger partial charge in [-0.25, -0.2) is 19.9 Å². The molecule has 0 aromatic carbocycles. The van der Waals surface area contributed by atoms with E-state index in [0.29, 0.717) is 73.6 Å². The van der Waals surface area contributed by atoms with Crippen molar-refractivity contribution in [3.05, 3.63) is 59.7 Å². The van der Waals surface area contributed by atoms with Crippen molar-refractivity contribution in [2.45, 2.75) is 38.9 Å². The van der Waals surface area contributed by atoms with Crippen LogP contribution in [0.5, 0.6) is 0 Å². The largest absolute Gasteiger partial charge is 0.370 e. The molecular formula is C29H33N9O3. The molecule has 0 unspecified atom stereocenters. The molecule has 0 saturated carbocycles. The quantitative estimate of drug-likeness (QED) is 0.405. The van der Waals surface area contributed by atoms with Gasteiger partial charge in [-0.3, -0.25) is 9.59 Å². The standard InChI is InChI=1S/C29H33N9O3/c1-19-16-36(10-11-37(19)25(39)18-41-12-8-30)28-33-14-21(15-34-28)23-7-6-22-26(40)29(2,3)38(27(22)35-23)17-20-5-4-9-32-24(20)13-31/h4-7,9,14-15,19H,8,10-12,16-18,30H2,1-3H3/t19-/m1/s1. The summed E-state index contributed by atoms with van der Waals surface area (Å²) in [4.78, 5) is 49.8. The fourth-order valence-corrected chi connectivity index (χ4v) is 5.27. The van der Waals surface area contributed by atoms with Crippen LogP contribution in [0.1, 0.15) is 42.4 Å². The Labute approximate surface area is 238 Å². The zero-order chi connectivity index (χ0) is 29.1. The number of carbonyl (C=O) groups is 2. The summed E-state index contributed by atoms with van der Waals surface area (Å²) in [5.41, 5.74) is 7.53. The average molecular weight is 556 g/mol. The van der Waals surface area contributed by atoms with Crippen molar-refractivity contribution in [1.29, 1.82) is 5.26 Å². The molecule has 2 N–H and O–H groups in total. The summed E-state index contributed by atoms with van der Waals surface area (Å²) in [5, 5.41) is 9.51. The lowest BCUT2D eigenvalue weighted by molar-refractivity contribution is -0.138. The second-order valence-corrected chi connectivity index (χ2v) is 10.7. The maximum absolute atomic E-state index is 13.3. The lowest BCUT2D eigenvalue weighted by Crippen LogP contribution is -2.55. The molecule has 1 atom stereocenters. The van der Waals surface area contributed by atoms with Gasteiger partial charge in [0.15, 0.2) is 5.78 Å². The van der Waals surface area contributed by atoms with Gasteiger partial charge in [0.05, 0.1) is 23.4 Å². The van der Waals surface area contributed by atoms with E-state index in [-0.39, 0.29) is 24.3 Å². The molecule has 1 saturated heterocycles. The van der Waals surface area contributed by atoms with E-state index < -0.39 is 5.54 Å². The number of amides is 1. The lowest BCUT2D eigenvalue weighted by atomic mass is 9.97. The molecule has 12 heteroatoms. The third-order valence-corrected chi connectivity index (χ3v) is 7.58.